The summed E-state index contributed by atoms with van der Waals surface area (Å²) < 4.78 is 15.5. The summed E-state index contributed by atoms with van der Waals surface area (Å²) in [7, 11) is 1.31. The SMILES string of the molecule is COC(=O)c1ccc(COc2ccccc2C)o1. The average Bonchev–Trinajstić information content (AvgIpc) is 2.86. The highest BCUT2D eigenvalue weighted by atomic mass is 16.5. The zero-order chi connectivity index (χ0) is 13.0. The fourth-order valence-electron chi connectivity index (χ4n) is 1.53. The van der Waals surface area contributed by atoms with Crippen LogP contribution in [0.1, 0.15) is 21.9 Å². The van der Waals surface area contributed by atoms with Crippen molar-refractivity contribution in [1.29, 1.82) is 0 Å². The maximum Gasteiger partial charge on any atom is 0.373 e. The lowest BCUT2D eigenvalue weighted by Gasteiger charge is -2.06. The molecule has 94 valence electrons. The molecule has 0 atom stereocenters. The number of hydrogen-bond donors (Lipinski definition) is 0. The molecule has 18 heavy (non-hydrogen) atoms. The summed E-state index contributed by atoms with van der Waals surface area (Å²) in [6, 6.07) is 11.0. The van der Waals surface area contributed by atoms with Crippen LogP contribution in [0.5, 0.6) is 5.75 Å². The van der Waals surface area contributed by atoms with Crippen LogP contribution in [-0.4, -0.2) is 13.1 Å². The first-order valence-electron chi connectivity index (χ1n) is 5.56. The molecule has 0 aliphatic carbocycles. The van der Waals surface area contributed by atoms with E-state index in [1.165, 1.54) is 7.11 Å². The van der Waals surface area contributed by atoms with Crippen molar-refractivity contribution in [3.05, 3.63) is 53.5 Å². The number of ether oxygens (including phenoxy) is 2. The van der Waals surface area contributed by atoms with E-state index in [0.717, 1.165) is 11.3 Å². The fourth-order valence-corrected chi connectivity index (χ4v) is 1.53. The van der Waals surface area contributed by atoms with Gasteiger partial charge in [0, 0.05) is 0 Å². The van der Waals surface area contributed by atoms with Gasteiger partial charge in [0.1, 0.15) is 18.1 Å². The van der Waals surface area contributed by atoms with E-state index in [0.29, 0.717) is 5.76 Å². The van der Waals surface area contributed by atoms with Crippen molar-refractivity contribution in [2.45, 2.75) is 13.5 Å². The summed E-state index contributed by atoms with van der Waals surface area (Å²) >= 11 is 0. The molecule has 0 spiro atoms. The first-order chi connectivity index (χ1) is 8.70. The molecule has 4 nitrogen and oxygen atoms in total. The molecule has 4 heteroatoms. The van der Waals surface area contributed by atoms with Crippen LogP contribution in [0.2, 0.25) is 0 Å². The summed E-state index contributed by atoms with van der Waals surface area (Å²) in [4.78, 5) is 11.2. The lowest BCUT2D eigenvalue weighted by Crippen LogP contribution is -1.99. The first-order valence-corrected chi connectivity index (χ1v) is 5.56. The molecule has 0 amide bonds. The summed E-state index contributed by atoms with van der Waals surface area (Å²) in [6.07, 6.45) is 0. The van der Waals surface area contributed by atoms with Crippen molar-refractivity contribution in [2.24, 2.45) is 0 Å². The van der Waals surface area contributed by atoms with Crippen molar-refractivity contribution in [3.63, 3.8) is 0 Å². The number of carbonyl (C=O) groups excluding carboxylic acids is 1. The molecule has 0 saturated carbocycles. The van der Waals surface area contributed by atoms with E-state index in [-0.39, 0.29) is 12.4 Å². The van der Waals surface area contributed by atoms with Crippen LogP contribution < -0.4 is 4.74 Å². The molecule has 0 N–H and O–H groups in total. The molecule has 2 aromatic rings. The van der Waals surface area contributed by atoms with Crippen LogP contribution >= 0.6 is 0 Å². The minimum atomic E-state index is -0.489. The second-order valence-electron chi connectivity index (χ2n) is 3.81. The summed E-state index contributed by atoms with van der Waals surface area (Å²) in [6.45, 7) is 2.25. The Morgan fingerprint density at radius 2 is 2.00 bits per heavy atom. The van der Waals surface area contributed by atoms with Crippen LogP contribution in [0.15, 0.2) is 40.8 Å². The molecule has 1 aromatic heterocycles. The standard InChI is InChI=1S/C14H14O4/c1-10-5-3-4-6-12(10)17-9-11-7-8-13(18-11)14(15)16-2/h3-8H,9H2,1-2H3. The van der Waals surface area contributed by atoms with E-state index >= 15 is 0 Å². The quantitative estimate of drug-likeness (QED) is 0.778. The molecule has 0 unspecified atom stereocenters. The molecule has 0 aliphatic rings. The Labute approximate surface area is 105 Å². The van der Waals surface area contributed by atoms with Gasteiger partial charge in [-0.15, -0.1) is 0 Å². The van der Waals surface area contributed by atoms with Crippen LogP contribution in [0.4, 0.5) is 0 Å². The highest BCUT2D eigenvalue weighted by molar-refractivity contribution is 5.86. The van der Waals surface area contributed by atoms with Crippen LogP contribution in [0.25, 0.3) is 0 Å². The third-order valence-electron chi connectivity index (χ3n) is 2.51. The van der Waals surface area contributed by atoms with E-state index < -0.39 is 5.97 Å². The normalized spacial score (nSPS) is 10.1. The number of benzene rings is 1. The molecule has 2 rings (SSSR count). The number of hydrogen-bond acceptors (Lipinski definition) is 4. The number of para-hydroxylation sites is 1. The fraction of sp³-hybridized carbons (Fsp3) is 0.214. The second kappa shape index (κ2) is 5.40. The highest BCUT2D eigenvalue weighted by Crippen LogP contribution is 2.18. The summed E-state index contributed by atoms with van der Waals surface area (Å²) in [5.74, 6) is 1.07. The Balaban J connectivity index is 2.01. The van der Waals surface area contributed by atoms with E-state index in [9.17, 15) is 4.79 Å². The lowest BCUT2D eigenvalue weighted by atomic mass is 10.2. The van der Waals surface area contributed by atoms with Gasteiger partial charge in [-0.1, -0.05) is 18.2 Å². The van der Waals surface area contributed by atoms with Gasteiger partial charge in [-0.25, -0.2) is 4.79 Å². The first kappa shape index (κ1) is 12.2. The number of carbonyl (C=O) groups is 1. The predicted octanol–water partition coefficient (Wildman–Crippen LogP) is 2.95. The van der Waals surface area contributed by atoms with E-state index in [1.807, 2.05) is 31.2 Å². The van der Waals surface area contributed by atoms with Gasteiger partial charge in [-0.3, -0.25) is 0 Å². The molecule has 1 heterocycles. The molecule has 1 aromatic carbocycles. The van der Waals surface area contributed by atoms with Crippen molar-refractivity contribution in [2.75, 3.05) is 7.11 Å². The molecule has 0 radical (unpaired) electrons. The number of rotatable bonds is 4. The van der Waals surface area contributed by atoms with Crippen molar-refractivity contribution in [3.8, 4) is 5.75 Å². The van der Waals surface area contributed by atoms with Gasteiger partial charge in [0.25, 0.3) is 0 Å². The minimum Gasteiger partial charge on any atom is -0.485 e. The van der Waals surface area contributed by atoms with Gasteiger partial charge < -0.3 is 13.9 Å². The van der Waals surface area contributed by atoms with Crippen molar-refractivity contribution < 1.29 is 18.7 Å². The topological polar surface area (TPSA) is 48.7 Å². The molecule has 0 aliphatic heterocycles. The number of aryl methyl sites for hydroxylation is 1. The van der Waals surface area contributed by atoms with E-state index in [4.69, 9.17) is 9.15 Å². The molecule has 0 saturated heterocycles. The van der Waals surface area contributed by atoms with Crippen LogP contribution in [0, 0.1) is 6.92 Å². The molecule has 0 bridgehead atoms. The number of furan rings is 1. The van der Waals surface area contributed by atoms with Crippen LogP contribution in [-0.2, 0) is 11.3 Å². The Morgan fingerprint density at radius 3 is 2.72 bits per heavy atom. The Morgan fingerprint density at radius 1 is 1.22 bits per heavy atom. The molecule has 0 fully saturated rings. The Kier molecular flexibility index (Phi) is 3.67. The van der Waals surface area contributed by atoms with Crippen molar-refractivity contribution >= 4 is 5.97 Å². The second-order valence-corrected chi connectivity index (χ2v) is 3.81. The van der Waals surface area contributed by atoms with Gasteiger partial charge in [-0.05, 0) is 30.7 Å². The smallest absolute Gasteiger partial charge is 0.373 e. The van der Waals surface area contributed by atoms with Gasteiger partial charge in [0.05, 0.1) is 7.11 Å². The van der Waals surface area contributed by atoms with Gasteiger partial charge in [-0.2, -0.15) is 0 Å². The van der Waals surface area contributed by atoms with E-state index in [1.54, 1.807) is 12.1 Å². The largest absolute Gasteiger partial charge is 0.485 e. The van der Waals surface area contributed by atoms with Gasteiger partial charge >= 0.3 is 5.97 Å². The summed E-state index contributed by atoms with van der Waals surface area (Å²) in [5, 5.41) is 0. The third kappa shape index (κ3) is 2.71. The maximum absolute atomic E-state index is 11.2. The number of esters is 1. The predicted molar refractivity (Wildman–Crippen MR) is 65.6 cm³/mol. The van der Waals surface area contributed by atoms with Crippen LogP contribution in [0.3, 0.4) is 0 Å². The number of methoxy groups -OCH3 is 1. The van der Waals surface area contributed by atoms with E-state index in [2.05, 4.69) is 4.74 Å². The van der Waals surface area contributed by atoms with Crippen molar-refractivity contribution in [1.82, 2.24) is 0 Å². The molecular formula is C14H14O4. The average molecular weight is 246 g/mol. The lowest BCUT2D eigenvalue weighted by molar-refractivity contribution is 0.0561. The zero-order valence-corrected chi connectivity index (χ0v) is 10.3. The summed E-state index contributed by atoms with van der Waals surface area (Å²) in [5.41, 5.74) is 1.05. The Bertz CT molecular complexity index is 542. The van der Waals surface area contributed by atoms with Gasteiger partial charge in [0.15, 0.2) is 0 Å². The third-order valence-corrected chi connectivity index (χ3v) is 2.51. The Hall–Kier alpha value is -2.23. The van der Waals surface area contributed by atoms with Gasteiger partial charge in [0.2, 0.25) is 5.76 Å². The zero-order valence-electron chi connectivity index (χ0n) is 10.3. The minimum absolute atomic E-state index is 0.181. The monoisotopic (exact) mass is 246 g/mol. The maximum atomic E-state index is 11.2. The highest BCUT2D eigenvalue weighted by Gasteiger charge is 2.11. The molecular weight excluding hydrogens is 232 g/mol.